The van der Waals surface area contributed by atoms with Gasteiger partial charge in [-0.05, 0) is 48.9 Å². The van der Waals surface area contributed by atoms with Crippen LogP contribution in [0.1, 0.15) is 12.8 Å². The van der Waals surface area contributed by atoms with Gasteiger partial charge in [0.25, 0.3) is 0 Å². The summed E-state index contributed by atoms with van der Waals surface area (Å²) in [6.07, 6.45) is 2.40. The van der Waals surface area contributed by atoms with E-state index >= 15 is 0 Å². The van der Waals surface area contributed by atoms with Gasteiger partial charge in [-0.3, -0.25) is 0 Å². The van der Waals surface area contributed by atoms with Gasteiger partial charge in [0.1, 0.15) is 18.5 Å². The molecule has 1 saturated heterocycles. The molecule has 0 aliphatic carbocycles. The number of nitrogens with zero attached hydrogens (tertiary/aromatic N) is 1. The van der Waals surface area contributed by atoms with Crippen molar-refractivity contribution in [3.05, 3.63) is 60.7 Å². The Morgan fingerprint density at radius 2 is 1.77 bits per heavy atom. The quantitative estimate of drug-likeness (QED) is 0.639. The molecule has 3 aromatic rings. The Hall–Kier alpha value is -2.92. The van der Waals surface area contributed by atoms with Crippen LogP contribution in [0.25, 0.3) is 10.8 Å². The summed E-state index contributed by atoms with van der Waals surface area (Å²) in [6, 6.07) is 20.7. The van der Waals surface area contributed by atoms with E-state index in [1.54, 1.807) is 7.11 Å². The van der Waals surface area contributed by atoms with Crippen LogP contribution in [0.15, 0.2) is 60.7 Å². The first-order valence-corrected chi connectivity index (χ1v) is 11.2. The van der Waals surface area contributed by atoms with Gasteiger partial charge in [-0.1, -0.05) is 42.5 Å². The monoisotopic (exact) mass is 418 g/mol. The standard InChI is InChI=1S/C26H30N2O3/c1-29-24-9-5-4-8-23(24)28-14-12-19(13-15-28)16-27-17-21-18-30-25-11-10-20-6-2-3-7-22(20)26(25)31-21/h2-11,19,21,27H,12-18H2,1H3. The fourth-order valence-electron chi connectivity index (χ4n) is 4.66. The molecular formula is C26H30N2O3. The Balaban J connectivity index is 1.12. The van der Waals surface area contributed by atoms with Gasteiger partial charge in [0.05, 0.1) is 12.8 Å². The maximum atomic E-state index is 6.33. The van der Waals surface area contributed by atoms with Crippen molar-refractivity contribution in [2.75, 3.05) is 44.8 Å². The van der Waals surface area contributed by atoms with E-state index < -0.39 is 0 Å². The largest absolute Gasteiger partial charge is 0.495 e. The number of methoxy groups -OCH3 is 1. The summed E-state index contributed by atoms with van der Waals surface area (Å²) in [4.78, 5) is 2.44. The molecule has 1 unspecified atom stereocenters. The lowest BCUT2D eigenvalue weighted by molar-refractivity contribution is 0.0914. The molecule has 0 bridgehead atoms. The van der Waals surface area contributed by atoms with Crippen LogP contribution < -0.4 is 24.4 Å². The number of piperidine rings is 1. The van der Waals surface area contributed by atoms with E-state index in [1.165, 1.54) is 23.9 Å². The summed E-state index contributed by atoms with van der Waals surface area (Å²) in [7, 11) is 1.74. The second kappa shape index (κ2) is 9.06. The van der Waals surface area contributed by atoms with Crippen molar-refractivity contribution in [2.24, 2.45) is 5.92 Å². The predicted molar refractivity (Wildman–Crippen MR) is 125 cm³/mol. The second-order valence-corrected chi connectivity index (χ2v) is 8.43. The second-order valence-electron chi connectivity index (χ2n) is 8.43. The van der Waals surface area contributed by atoms with Crippen LogP contribution in [-0.2, 0) is 0 Å². The predicted octanol–water partition coefficient (Wildman–Crippen LogP) is 4.49. The van der Waals surface area contributed by atoms with Gasteiger partial charge in [-0.25, -0.2) is 0 Å². The van der Waals surface area contributed by atoms with Crippen molar-refractivity contribution in [3.8, 4) is 17.2 Å². The number of rotatable bonds is 6. The minimum absolute atomic E-state index is 0.0342. The molecule has 2 aliphatic rings. The molecule has 5 rings (SSSR count). The van der Waals surface area contributed by atoms with E-state index in [0.29, 0.717) is 12.5 Å². The van der Waals surface area contributed by atoms with Gasteiger partial charge in [0.15, 0.2) is 11.5 Å². The van der Waals surface area contributed by atoms with Crippen LogP contribution in [0.3, 0.4) is 0 Å². The van der Waals surface area contributed by atoms with Crippen molar-refractivity contribution >= 4 is 16.5 Å². The topological polar surface area (TPSA) is 43.0 Å². The van der Waals surface area contributed by atoms with Crippen molar-refractivity contribution in [1.82, 2.24) is 5.32 Å². The molecule has 162 valence electrons. The number of anilines is 1. The zero-order valence-corrected chi connectivity index (χ0v) is 18.0. The van der Waals surface area contributed by atoms with Gasteiger partial charge < -0.3 is 24.4 Å². The third-order valence-corrected chi connectivity index (χ3v) is 6.40. The molecular weight excluding hydrogens is 388 g/mol. The molecule has 1 fully saturated rings. The van der Waals surface area contributed by atoms with Gasteiger partial charge in [0, 0.05) is 25.0 Å². The summed E-state index contributed by atoms with van der Waals surface area (Å²) >= 11 is 0. The molecule has 3 aromatic carbocycles. The van der Waals surface area contributed by atoms with Crippen LogP contribution in [0.5, 0.6) is 17.2 Å². The van der Waals surface area contributed by atoms with E-state index in [-0.39, 0.29) is 6.10 Å². The number of hydrogen-bond acceptors (Lipinski definition) is 5. The first kappa shape index (κ1) is 20.0. The van der Waals surface area contributed by atoms with E-state index in [0.717, 1.165) is 48.8 Å². The van der Waals surface area contributed by atoms with Crippen LogP contribution in [0, 0.1) is 5.92 Å². The number of hydrogen-bond donors (Lipinski definition) is 1. The zero-order chi connectivity index (χ0) is 21.0. The summed E-state index contributed by atoms with van der Waals surface area (Å²) in [6.45, 7) is 4.53. The SMILES string of the molecule is COc1ccccc1N1CCC(CNCC2COc3ccc4ccccc4c3O2)CC1. The third-order valence-electron chi connectivity index (χ3n) is 6.40. The van der Waals surface area contributed by atoms with Crippen LogP contribution in [0.2, 0.25) is 0 Å². The summed E-state index contributed by atoms with van der Waals surface area (Å²) in [5.74, 6) is 3.37. The molecule has 5 heteroatoms. The number of nitrogens with one attached hydrogen (secondary N) is 1. The average molecular weight is 419 g/mol. The van der Waals surface area contributed by atoms with Crippen molar-refractivity contribution in [3.63, 3.8) is 0 Å². The van der Waals surface area contributed by atoms with Crippen LogP contribution in [-0.4, -0.2) is 46.0 Å². The van der Waals surface area contributed by atoms with Gasteiger partial charge >= 0.3 is 0 Å². The summed E-state index contributed by atoms with van der Waals surface area (Å²) in [5, 5.41) is 5.93. The maximum Gasteiger partial charge on any atom is 0.169 e. The maximum absolute atomic E-state index is 6.33. The fourth-order valence-corrected chi connectivity index (χ4v) is 4.66. The first-order valence-electron chi connectivity index (χ1n) is 11.2. The summed E-state index contributed by atoms with van der Waals surface area (Å²) in [5.41, 5.74) is 1.20. The van der Waals surface area contributed by atoms with Crippen molar-refractivity contribution in [2.45, 2.75) is 18.9 Å². The molecule has 2 heterocycles. The number of fused-ring (bicyclic) bond motifs is 3. The highest BCUT2D eigenvalue weighted by Gasteiger charge is 2.24. The number of para-hydroxylation sites is 2. The Labute approximate surface area is 183 Å². The Morgan fingerprint density at radius 1 is 0.968 bits per heavy atom. The first-order chi connectivity index (χ1) is 15.3. The third kappa shape index (κ3) is 4.28. The average Bonchev–Trinajstić information content (AvgIpc) is 2.84. The molecule has 0 spiro atoms. The zero-order valence-electron chi connectivity index (χ0n) is 18.0. The van der Waals surface area contributed by atoms with E-state index in [9.17, 15) is 0 Å². The van der Waals surface area contributed by atoms with Gasteiger partial charge in [-0.15, -0.1) is 0 Å². The lowest BCUT2D eigenvalue weighted by atomic mass is 9.96. The van der Waals surface area contributed by atoms with Crippen molar-refractivity contribution in [1.29, 1.82) is 0 Å². The molecule has 1 N–H and O–H groups in total. The minimum Gasteiger partial charge on any atom is -0.495 e. The molecule has 0 amide bonds. The molecule has 1 atom stereocenters. The molecule has 31 heavy (non-hydrogen) atoms. The van der Waals surface area contributed by atoms with E-state index in [2.05, 4.69) is 46.6 Å². The number of benzene rings is 3. The Bertz CT molecular complexity index is 1030. The lowest BCUT2D eigenvalue weighted by Crippen LogP contribution is -2.42. The fraction of sp³-hybridized carbons (Fsp3) is 0.385. The van der Waals surface area contributed by atoms with Gasteiger partial charge in [0.2, 0.25) is 0 Å². The van der Waals surface area contributed by atoms with E-state index in [1.807, 2.05) is 24.3 Å². The van der Waals surface area contributed by atoms with Crippen LogP contribution in [0.4, 0.5) is 5.69 Å². The molecule has 0 aromatic heterocycles. The van der Waals surface area contributed by atoms with Crippen LogP contribution >= 0.6 is 0 Å². The van der Waals surface area contributed by atoms with E-state index in [4.69, 9.17) is 14.2 Å². The van der Waals surface area contributed by atoms with Crippen molar-refractivity contribution < 1.29 is 14.2 Å². The molecule has 5 nitrogen and oxygen atoms in total. The lowest BCUT2D eigenvalue weighted by Gasteiger charge is -2.35. The molecule has 0 saturated carbocycles. The van der Waals surface area contributed by atoms with Gasteiger partial charge in [-0.2, -0.15) is 0 Å². The Kier molecular flexibility index (Phi) is 5.85. The number of ether oxygens (including phenoxy) is 3. The minimum atomic E-state index is 0.0342. The highest BCUT2D eigenvalue weighted by atomic mass is 16.6. The highest BCUT2D eigenvalue weighted by molar-refractivity contribution is 5.90. The Morgan fingerprint density at radius 3 is 2.65 bits per heavy atom. The molecule has 0 radical (unpaired) electrons. The smallest absolute Gasteiger partial charge is 0.169 e. The normalized spacial score (nSPS) is 18.9. The summed E-state index contributed by atoms with van der Waals surface area (Å²) < 4.78 is 17.8. The highest BCUT2D eigenvalue weighted by Crippen LogP contribution is 2.38. The molecule has 2 aliphatic heterocycles.